The lowest BCUT2D eigenvalue weighted by molar-refractivity contribution is -0.142. The first-order chi connectivity index (χ1) is 8.26. The summed E-state index contributed by atoms with van der Waals surface area (Å²) in [6.45, 7) is -0.131. The molecule has 0 saturated heterocycles. The number of aromatic nitrogens is 2. The molecule has 0 saturated carbocycles. The van der Waals surface area contributed by atoms with Crippen LogP contribution in [0.25, 0.3) is 10.9 Å². The standard InChI is InChI=1S/C11H12N2O4/c1-15-9(14)6-17-8-5-13-10-7(8)3-4-12-11(10)16-2/h3-5,13H,6H2,1-2H3. The summed E-state index contributed by atoms with van der Waals surface area (Å²) in [7, 11) is 2.85. The molecule has 2 aromatic rings. The quantitative estimate of drug-likeness (QED) is 0.805. The van der Waals surface area contributed by atoms with E-state index in [1.165, 1.54) is 14.2 Å². The number of fused-ring (bicyclic) bond motifs is 1. The molecular weight excluding hydrogens is 224 g/mol. The Hall–Kier alpha value is -2.24. The maximum atomic E-state index is 11.0. The fourth-order valence-corrected chi connectivity index (χ4v) is 1.47. The van der Waals surface area contributed by atoms with Gasteiger partial charge in [-0.05, 0) is 6.07 Å². The fraction of sp³-hybridized carbons (Fsp3) is 0.273. The Labute approximate surface area is 97.5 Å². The van der Waals surface area contributed by atoms with Gasteiger partial charge in [-0.15, -0.1) is 0 Å². The smallest absolute Gasteiger partial charge is 0.343 e. The maximum Gasteiger partial charge on any atom is 0.343 e. The molecule has 90 valence electrons. The van der Waals surface area contributed by atoms with E-state index in [0.29, 0.717) is 11.6 Å². The summed E-state index contributed by atoms with van der Waals surface area (Å²) in [5, 5.41) is 0.806. The number of nitrogens with one attached hydrogen (secondary N) is 1. The van der Waals surface area contributed by atoms with Gasteiger partial charge in [-0.3, -0.25) is 0 Å². The number of esters is 1. The van der Waals surface area contributed by atoms with Crippen LogP contribution in [0.3, 0.4) is 0 Å². The summed E-state index contributed by atoms with van der Waals surface area (Å²) in [5.41, 5.74) is 0.731. The highest BCUT2D eigenvalue weighted by molar-refractivity contribution is 5.89. The number of rotatable bonds is 4. The van der Waals surface area contributed by atoms with E-state index in [1.54, 1.807) is 18.5 Å². The van der Waals surface area contributed by atoms with Crippen LogP contribution in [0, 0.1) is 0 Å². The van der Waals surface area contributed by atoms with Gasteiger partial charge >= 0.3 is 5.97 Å². The molecule has 0 aliphatic heterocycles. The molecule has 6 nitrogen and oxygen atoms in total. The van der Waals surface area contributed by atoms with E-state index >= 15 is 0 Å². The van der Waals surface area contributed by atoms with Crippen LogP contribution in [0.1, 0.15) is 0 Å². The summed E-state index contributed by atoms with van der Waals surface area (Å²) < 4.78 is 14.9. The minimum Gasteiger partial charge on any atom is -0.480 e. The number of methoxy groups -OCH3 is 2. The Morgan fingerprint density at radius 2 is 2.29 bits per heavy atom. The van der Waals surface area contributed by atoms with Gasteiger partial charge < -0.3 is 19.2 Å². The van der Waals surface area contributed by atoms with E-state index in [-0.39, 0.29) is 6.61 Å². The molecule has 0 radical (unpaired) electrons. The van der Waals surface area contributed by atoms with E-state index in [0.717, 1.165) is 10.9 Å². The average molecular weight is 236 g/mol. The Bertz CT molecular complexity index is 535. The fourth-order valence-electron chi connectivity index (χ4n) is 1.47. The van der Waals surface area contributed by atoms with Gasteiger partial charge in [0.05, 0.1) is 14.2 Å². The van der Waals surface area contributed by atoms with Gasteiger partial charge in [0.15, 0.2) is 6.61 Å². The average Bonchev–Trinajstić information content (AvgIpc) is 2.78. The van der Waals surface area contributed by atoms with Crippen molar-refractivity contribution in [3.8, 4) is 11.6 Å². The van der Waals surface area contributed by atoms with Crippen molar-refractivity contribution in [2.24, 2.45) is 0 Å². The van der Waals surface area contributed by atoms with E-state index in [2.05, 4.69) is 14.7 Å². The number of pyridine rings is 1. The van der Waals surface area contributed by atoms with E-state index in [9.17, 15) is 4.79 Å². The summed E-state index contributed by atoms with van der Waals surface area (Å²) in [6.07, 6.45) is 3.26. The van der Waals surface area contributed by atoms with Crippen molar-refractivity contribution >= 4 is 16.9 Å². The van der Waals surface area contributed by atoms with Crippen LogP contribution < -0.4 is 9.47 Å². The summed E-state index contributed by atoms with van der Waals surface area (Å²) >= 11 is 0. The lowest BCUT2D eigenvalue weighted by atomic mass is 10.3. The molecule has 0 spiro atoms. The van der Waals surface area contributed by atoms with Gasteiger partial charge in [-0.1, -0.05) is 0 Å². The van der Waals surface area contributed by atoms with E-state index in [4.69, 9.17) is 9.47 Å². The summed E-state index contributed by atoms with van der Waals surface area (Å²) in [6, 6.07) is 1.78. The predicted octanol–water partition coefficient (Wildman–Crippen LogP) is 1.12. The molecule has 0 fully saturated rings. The molecule has 0 bridgehead atoms. The molecule has 0 atom stereocenters. The molecule has 1 N–H and O–H groups in total. The topological polar surface area (TPSA) is 73.4 Å². The molecule has 17 heavy (non-hydrogen) atoms. The molecular formula is C11H12N2O4. The largest absolute Gasteiger partial charge is 0.480 e. The Morgan fingerprint density at radius 3 is 3.00 bits per heavy atom. The molecule has 2 heterocycles. The van der Waals surface area contributed by atoms with Crippen molar-refractivity contribution in [1.29, 1.82) is 0 Å². The van der Waals surface area contributed by atoms with Crippen molar-refractivity contribution in [3.05, 3.63) is 18.5 Å². The molecule has 6 heteroatoms. The van der Waals surface area contributed by atoms with Crippen LogP contribution in [-0.2, 0) is 9.53 Å². The summed E-state index contributed by atoms with van der Waals surface area (Å²) in [4.78, 5) is 18.0. The second kappa shape index (κ2) is 4.73. The minimum atomic E-state index is -0.430. The van der Waals surface area contributed by atoms with Crippen molar-refractivity contribution in [2.45, 2.75) is 0 Å². The normalized spacial score (nSPS) is 10.2. The number of carbonyl (C=O) groups is 1. The number of hydrogen-bond acceptors (Lipinski definition) is 5. The van der Waals surface area contributed by atoms with Crippen molar-refractivity contribution in [2.75, 3.05) is 20.8 Å². The molecule has 2 aromatic heterocycles. The number of hydrogen-bond donors (Lipinski definition) is 1. The highest BCUT2D eigenvalue weighted by Gasteiger charge is 2.11. The molecule has 0 aliphatic carbocycles. The third-order valence-corrected chi connectivity index (χ3v) is 2.30. The molecule has 0 aromatic carbocycles. The first-order valence-corrected chi connectivity index (χ1v) is 4.96. The second-order valence-electron chi connectivity index (χ2n) is 3.26. The zero-order valence-electron chi connectivity index (χ0n) is 9.52. The van der Waals surface area contributed by atoms with Crippen LogP contribution in [-0.4, -0.2) is 36.8 Å². The number of H-pyrrole nitrogens is 1. The highest BCUT2D eigenvalue weighted by atomic mass is 16.6. The van der Waals surface area contributed by atoms with Crippen molar-refractivity contribution in [1.82, 2.24) is 9.97 Å². The highest BCUT2D eigenvalue weighted by Crippen LogP contribution is 2.29. The van der Waals surface area contributed by atoms with Gasteiger partial charge in [0.25, 0.3) is 0 Å². The van der Waals surface area contributed by atoms with E-state index < -0.39 is 5.97 Å². The van der Waals surface area contributed by atoms with Crippen LogP contribution >= 0.6 is 0 Å². The Kier molecular flexibility index (Phi) is 3.13. The molecule has 0 amide bonds. The predicted molar refractivity (Wildman–Crippen MR) is 60.2 cm³/mol. The second-order valence-corrected chi connectivity index (χ2v) is 3.26. The first-order valence-electron chi connectivity index (χ1n) is 4.96. The molecule has 0 aliphatic rings. The van der Waals surface area contributed by atoms with Gasteiger partial charge in [0, 0.05) is 17.8 Å². The van der Waals surface area contributed by atoms with Gasteiger partial charge in [-0.25, -0.2) is 9.78 Å². The monoisotopic (exact) mass is 236 g/mol. The number of aromatic amines is 1. The lowest BCUT2D eigenvalue weighted by Gasteiger charge is -2.03. The zero-order chi connectivity index (χ0) is 12.3. The first kappa shape index (κ1) is 11.3. The third kappa shape index (κ3) is 2.15. The van der Waals surface area contributed by atoms with E-state index in [1.807, 2.05) is 0 Å². The minimum absolute atomic E-state index is 0.131. The lowest BCUT2D eigenvalue weighted by Crippen LogP contribution is -2.12. The van der Waals surface area contributed by atoms with Gasteiger partial charge in [-0.2, -0.15) is 0 Å². The van der Waals surface area contributed by atoms with Crippen LogP contribution in [0.2, 0.25) is 0 Å². The van der Waals surface area contributed by atoms with Gasteiger partial charge in [0.2, 0.25) is 5.88 Å². The summed E-state index contributed by atoms with van der Waals surface area (Å²) in [5.74, 6) is 0.613. The SMILES string of the molecule is COC(=O)COc1c[nH]c2c(OC)nccc12. The number of carbonyl (C=O) groups excluding carboxylic acids is 1. The maximum absolute atomic E-state index is 11.0. The molecule has 2 rings (SSSR count). The zero-order valence-corrected chi connectivity index (χ0v) is 9.52. The Morgan fingerprint density at radius 1 is 1.47 bits per heavy atom. The van der Waals surface area contributed by atoms with Crippen LogP contribution in [0.4, 0.5) is 0 Å². The van der Waals surface area contributed by atoms with Crippen molar-refractivity contribution < 1.29 is 19.0 Å². The van der Waals surface area contributed by atoms with Gasteiger partial charge in [0.1, 0.15) is 11.3 Å². The van der Waals surface area contributed by atoms with Crippen molar-refractivity contribution in [3.63, 3.8) is 0 Å². The van der Waals surface area contributed by atoms with Crippen LogP contribution in [0.5, 0.6) is 11.6 Å². The number of nitrogens with zero attached hydrogens (tertiary/aromatic N) is 1. The third-order valence-electron chi connectivity index (χ3n) is 2.30. The number of ether oxygens (including phenoxy) is 3. The Balaban J connectivity index is 2.27. The van der Waals surface area contributed by atoms with Crippen LogP contribution in [0.15, 0.2) is 18.5 Å². The molecule has 0 unspecified atom stereocenters.